The quantitative estimate of drug-likeness (QED) is 0.798. The second-order valence-corrected chi connectivity index (χ2v) is 5.58. The molecule has 0 aliphatic carbocycles. The number of carbonyl (C=O) groups excluding carboxylic acids is 1. The number of halogens is 1. The van der Waals surface area contributed by atoms with Crippen molar-refractivity contribution in [1.29, 1.82) is 0 Å². The summed E-state index contributed by atoms with van der Waals surface area (Å²) in [5.74, 6) is -0.0113. The molecular weight excluding hydrogens is 262 g/mol. The number of nitrogens with zero attached hydrogens (tertiary/aromatic N) is 1. The minimum atomic E-state index is -0.0759. The van der Waals surface area contributed by atoms with Gasteiger partial charge in [0.2, 0.25) is 0 Å². The zero-order chi connectivity index (χ0) is 13.8. The van der Waals surface area contributed by atoms with E-state index in [4.69, 9.17) is 16.3 Å². The number of piperidine rings is 1. The second kappa shape index (κ2) is 6.40. The van der Waals surface area contributed by atoms with E-state index >= 15 is 0 Å². The summed E-state index contributed by atoms with van der Waals surface area (Å²) in [5, 5.41) is 0.829. The fraction of sp³-hybridized carbons (Fsp3) is 0.533. The lowest BCUT2D eigenvalue weighted by Crippen LogP contribution is -2.36. The summed E-state index contributed by atoms with van der Waals surface area (Å²) in [7, 11) is 1.46. The van der Waals surface area contributed by atoms with Gasteiger partial charge in [0.25, 0.3) is 0 Å². The van der Waals surface area contributed by atoms with Crippen molar-refractivity contribution in [3.8, 4) is 0 Å². The van der Waals surface area contributed by atoms with Gasteiger partial charge in [-0.05, 0) is 50.0 Å². The van der Waals surface area contributed by atoms with Gasteiger partial charge in [0.1, 0.15) is 0 Å². The lowest BCUT2D eigenvalue weighted by atomic mass is 9.96. The molecule has 0 amide bonds. The van der Waals surface area contributed by atoms with Gasteiger partial charge in [-0.25, -0.2) is 0 Å². The molecule has 1 aromatic carbocycles. The van der Waals surface area contributed by atoms with E-state index in [-0.39, 0.29) is 11.9 Å². The van der Waals surface area contributed by atoms with Crippen LogP contribution in [0.5, 0.6) is 0 Å². The maximum Gasteiger partial charge on any atom is 0.308 e. The third-order valence-electron chi connectivity index (χ3n) is 3.72. The largest absolute Gasteiger partial charge is 0.469 e. The minimum absolute atomic E-state index is 0.0646. The van der Waals surface area contributed by atoms with Crippen LogP contribution in [-0.4, -0.2) is 31.1 Å². The zero-order valence-electron chi connectivity index (χ0n) is 11.5. The Balaban J connectivity index is 1.90. The summed E-state index contributed by atoms with van der Waals surface area (Å²) in [4.78, 5) is 13.8. The van der Waals surface area contributed by atoms with Gasteiger partial charge in [-0.1, -0.05) is 23.7 Å². The predicted molar refractivity (Wildman–Crippen MR) is 76.2 cm³/mol. The molecule has 1 aromatic rings. The molecule has 1 fully saturated rings. The van der Waals surface area contributed by atoms with Crippen LogP contribution in [0.4, 0.5) is 0 Å². The average molecular weight is 282 g/mol. The first-order chi connectivity index (χ1) is 9.10. The average Bonchev–Trinajstić information content (AvgIpc) is 2.42. The van der Waals surface area contributed by atoms with Crippen LogP contribution in [0.15, 0.2) is 18.2 Å². The first-order valence-electron chi connectivity index (χ1n) is 6.65. The molecule has 1 aliphatic heterocycles. The number of rotatable bonds is 3. The Morgan fingerprint density at radius 2 is 2.11 bits per heavy atom. The maximum absolute atomic E-state index is 11.5. The van der Waals surface area contributed by atoms with Gasteiger partial charge in [-0.15, -0.1) is 0 Å². The van der Waals surface area contributed by atoms with Crippen molar-refractivity contribution in [1.82, 2.24) is 4.90 Å². The van der Waals surface area contributed by atoms with Crippen molar-refractivity contribution in [3.63, 3.8) is 0 Å². The molecule has 0 atom stereocenters. The predicted octanol–water partition coefficient (Wildman–Crippen LogP) is 3.03. The molecule has 0 aromatic heterocycles. The molecule has 1 heterocycles. The number of benzene rings is 1. The number of likely N-dealkylation sites (tertiary alicyclic amines) is 1. The van der Waals surface area contributed by atoms with E-state index in [1.807, 2.05) is 13.0 Å². The molecule has 2 rings (SSSR count). The Kier molecular flexibility index (Phi) is 4.83. The first kappa shape index (κ1) is 14.4. The monoisotopic (exact) mass is 281 g/mol. The molecule has 0 unspecified atom stereocenters. The Labute approximate surface area is 119 Å². The van der Waals surface area contributed by atoms with Crippen LogP contribution in [0.2, 0.25) is 5.02 Å². The summed E-state index contributed by atoms with van der Waals surface area (Å²) >= 11 is 6.25. The lowest BCUT2D eigenvalue weighted by molar-refractivity contribution is -0.147. The van der Waals surface area contributed by atoms with Gasteiger partial charge < -0.3 is 4.74 Å². The van der Waals surface area contributed by atoms with Crippen LogP contribution in [0.1, 0.15) is 24.0 Å². The van der Waals surface area contributed by atoms with E-state index in [0.29, 0.717) is 0 Å². The third kappa shape index (κ3) is 3.71. The SMILES string of the molecule is COC(=O)C1CCN(Cc2ccc(C)cc2Cl)CC1. The highest BCUT2D eigenvalue weighted by atomic mass is 35.5. The Morgan fingerprint density at radius 3 is 2.68 bits per heavy atom. The lowest BCUT2D eigenvalue weighted by Gasteiger charge is -2.30. The molecule has 0 saturated carbocycles. The molecule has 19 heavy (non-hydrogen) atoms. The fourth-order valence-corrected chi connectivity index (χ4v) is 2.81. The van der Waals surface area contributed by atoms with E-state index in [9.17, 15) is 4.79 Å². The van der Waals surface area contributed by atoms with Gasteiger partial charge in [0.15, 0.2) is 0 Å². The second-order valence-electron chi connectivity index (χ2n) is 5.17. The van der Waals surface area contributed by atoms with Crippen LogP contribution in [0.25, 0.3) is 0 Å². The van der Waals surface area contributed by atoms with Crippen LogP contribution < -0.4 is 0 Å². The molecule has 4 heteroatoms. The summed E-state index contributed by atoms with van der Waals surface area (Å²) in [6.07, 6.45) is 1.74. The van der Waals surface area contributed by atoms with Crippen molar-refractivity contribution < 1.29 is 9.53 Å². The fourth-order valence-electron chi connectivity index (χ4n) is 2.51. The minimum Gasteiger partial charge on any atom is -0.469 e. The molecule has 0 radical (unpaired) electrons. The number of aryl methyl sites for hydroxylation is 1. The Morgan fingerprint density at radius 1 is 1.42 bits per heavy atom. The number of hydrogen-bond donors (Lipinski definition) is 0. The van der Waals surface area contributed by atoms with Crippen molar-refractivity contribution in [2.24, 2.45) is 5.92 Å². The first-order valence-corrected chi connectivity index (χ1v) is 7.03. The number of carbonyl (C=O) groups is 1. The molecule has 104 valence electrons. The molecule has 0 bridgehead atoms. The normalized spacial score (nSPS) is 17.4. The van der Waals surface area contributed by atoms with Crippen molar-refractivity contribution in [2.45, 2.75) is 26.3 Å². The van der Waals surface area contributed by atoms with E-state index in [1.165, 1.54) is 12.7 Å². The van der Waals surface area contributed by atoms with Crippen molar-refractivity contribution in [2.75, 3.05) is 20.2 Å². The highest BCUT2D eigenvalue weighted by Gasteiger charge is 2.25. The molecular formula is C15H20ClNO2. The van der Waals surface area contributed by atoms with E-state index in [1.54, 1.807) is 0 Å². The molecule has 1 aliphatic rings. The standard InChI is InChI=1S/C15H20ClNO2/c1-11-3-4-13(14(16)9-11)10-17-7-5-12(6-8-17)15(18)19-2/h3-4,9,12H,5-8,10H2,1-2H3. The van der Waals surface area contributed by atoms with Crippen molar-refractivity contribution in [3.05, 3.63) is 34.3 Å². The summed E-state index contributed by atoms with van der Waals surface area (Å²) in [6.45, 7) is 4.73. The molecule has 3 nitrogen and oxygen atoms in total. The highest BCUT2D eigenvalue weighted by Crippen LogP contribution is 2.23. The number of hydrogen-bond acceptors (Lipinski definition) is 3. The van der Waals surface area contributed by atoms with Crippen LogP contribution in [-0.2, 0) is 16.1 Å². The zero-order valence-corrected chi connectivity index (χ0v) is 12.2. The molecule has 0 spiro atoms. The Hall–Kier alpha value is -1.06. The Bertz CT molecular complexity index is 453. The summed E-state index contributed by atoms with van der Waals surface area (Å²) < 4.78 is 4.80. The van der Waals surface area contributed by atoms with Gasteiger partial charge in [0.05, 0.1) is 13.0 Å². The summed E-state index contributed by atoms with van der Waals surface area (Å²) in [5.41, 5.74) is 2.34. The highest BCUT2D eigenvalue weighted by molar-refractivity contribution is 6.31. The van der Waals surface area contributed by atoms with E-state index < -0.39 is 0 Å². The number of esters is 1. The smallest absolute Gasteiger partial charge is 0.308 e. The van der Waals surface area contributed by atoms with E-state index in [2.05, 4.69) is 17.0 Å². The van der Waals surface area contributed by atoms with Crippen LogP contribution >= 0.6 is 11.6 Å². The van der Waals surface area contributed by atoms with Gasteiger partial charge in [0, 0.05) is 11.6 Å². The van der Waals surface area contributed by atoms with Crippen molar-refractivity contribution >= 4 is 17.6 Å². The van der Waals surface area contributed by atoms with E-state index in [0.717, 1.165) is 43.1 Å². The molecule has 0 N–H and O–H groups in total. The summed E-state index contributed by atoms with van der Waals surface area (Å²) in [6, 6.07) is 6.17. The maximum atomic E-state index is 11.5. The number of ether oxygens (including phenoxy) is 1. The van der Waals surface area contributed by atoms with Crippen LogP contribution in [0.3, 0.4) is 0 Å². The third-order valence-corrected chi connectivity index (χ3v) is 4.08. The van der Waals surface area contributed by atoms with Gasteiger partial charge in [-0.3, -0.25) is 9.69 Å². The van der Waals surface area contributed by atoms with Gasteiger partial charge >= 0.3 is 5.97 Å². The molecule has 1 saturated heterocycles. The van der Waals surface area contributed by atoms with Gasteiger partial charge in [-0.2, -0.15) is 0 Å². The van der Waals surface area contributed by atoms with Crippen LogP contribution in [0, 0.1) is 12.8 Å². The number of methoxy groups -OCH3 is 1. The topological polar surface area (TPSA) is 29.5 Å².